The number of benzene rings is 3. The van der Waals surface area contributed by atoms with Gasteiger partial charge in [-0.15, -0.1) is 0 Å². The van der Waals surface area contributed by atoms with Gasteiger partial charge in [-0.05, 0) is 42.0 Å². The minimum Gasteiger partial charge on any atom is -0.364 e. The molecule has 0 aliphatic heterocycles. The first-order chi connectivity index (χ1) is 17.3. The van der Waals surface area contributed by atoms with E-state index in [4.69, 9.17) is 9.97 Å². The van der Waals surface area contributed by atoms with Crippen molar-refractivity contribution in [1.29, 1.82) is 0 Å². The third-order valence-electron chi connectivity index (χ3n) is 5.66. The lowest BCUT2D eigenvalue weighted by Gasteiger charge is -2.11. The number of imidazole rings is 2. The number of nitrogens with zero attached hydrogens (tertiary/aromatic N) is 6. The van der Waals surface area contributed by atoms with Crippen molar-refractivity contribution in [2.24, 2.45) is 0 Å². The summed E-state index contributed by atoms with van der Waals surface area (Å²) in [6, 6.07) is 28.3. The molecule has 2 N–H and O–H groups in total. The van der Waals surface area contributed by atoms with E-state index < -0.39 is 0 Å². The molecule has 0 bridgehead atoms. The quantitative estimate of drug-likeness (QED) is 0.335. The van der Waals surface area contributed by atoms with Crippen molar-refractivity contribution in [1.82, 2.24) is 29.1 Å². The largest absolute Gasteiger partial charge is 0.364 e. The highest BCUT2D eigenvalue weighted by Crippen LogP contribution is 2.26. The molecule has 0 amide bonds. The Balaban J connectivity index is 1.36. The van der Waals surface area contributed by atoms with Gasteiger partial charge in [0.25, 0.3) is 0 Å². The van der Waals surface area contributed by atoms with Crippen LogP contribution in [0.2, 0.25) is 0 Å². The van der Waals surface area contributed by atoms with Crippen LogP contribution in [0.1, 0.15) is 5.56 Å². The summed E-state index contributed by atoms with van der Waals surface area (Å²) in [7, 11) is 0. The van der Waals surface area contributed by atoms with Crippen LogP contribution >= 0.6 is 0 Å². The van der Waals surface area contributed by atoms with Gasteiger partial charge in [-0.3, -0.25) is 4.57 Å². The van der Waals surface area contributed by atoms with Crippen LogP contribution in [0.25, 0.3) is 22.5 Å². The van der Waals surface area contributed by atoms with Crippen molar-refractivity contribution in [2.45, 2.75) is 6.54 Å². The van der Waals surface area contributed by atoms with E-state index >= 15 is 0 Å². The van der Waals surface area contributed by atoms with Gasteiger partial charge >= 0.3 is 0 Å². The number of para-hydroxylation sites is 1. The van der Waals surface area contributed by atoms with E-state index in [0.29, 0.717) is 23.8 Å². The molecular formula is C27H22N8. The molecule has 170 valence electrons. The predicted octanol–water partition coefficient (Wildman–Crippen LogP) is 5.36. The summed E-state index contributed by atoms with van der Waals surface area (Å²) < 4.78 is 3.92. The van der Waals surface area contributed by atoms with Crippen molar-refractivity contribution in [3.05, 3.63) is 116 Å². The molecule has 0 saturated carbocycles. The Morgan fingerprint density at radius 3 is 2.26 bits per heavy atom. The van der Waals surface area contributed by atoms with Crippen LogP contribution in [0.5, 0.6) is 0 Å². The van der Waals surface area contributed by atoms with Crippen LogP contribution in [0.3, 0.4) is 0 Å². The number of nitrogens with one attached hydrogen (secondary N) is 2. The summed E-state index contributed by atoms with van der Waals surface area (Å²) in [5.41, 5.74) is 5.49. The molecule has 3 aromatic carbocycles. The fraction of sp³-hybridized carbons (Fsp3) is 0.0370. The van der Waals surface area contributed by atoms with Crippen molar-refractivity contribution in [2.75, 3.05) is 10.6 Å². The second kappa shape index (κ2) is 9.11. The first-order valence-electron chi connectivity index (χ1n) is 11.3. The van der Waals surface area contributed by atoms with E-state index in [-0.39, 0.29) is 0 Å². The summed E-state index contributed by atoms with van der Waals surface area (Å²) in [4.78, 5) is 18.3. The lowest BCUT2D eigenvalue weighted by Crippen LogP contribution is -2.06. The zero-order valence-electron chi connectivity index (χ0n) is 18.8. The molecule has 0 saturated heterocycles. The van der Waals surface area contributed by atoms with E-state index in [1.807, 2.05) is 88.1 Å². The van der Waals surface area contributed by atoms with E-state index in [1.54, 1.807) is 18.9 Å². The normalized spacial score (nSPS) is 11.0. The van der Waals surface area contributed by atoms with Gasteiger partial charge in [0.15, 0.2) is 17.0 Å². The maximum absolute atomic E-state index is 4.82. The van der Waals surface area contributed by atoms with Gasteiger partial charge in [0, 0.05) is 36.0 Å². The van der Waals surface area contributed by atoms with Crippen molar-refractivity contribution < 1.29 is 0 Å². The Labute approximate surface area is 202 Å². The summed E-state index contributed by atoms with van der Waals surface area (Å²) in [6.45, 7) is 0.629. The highest BCUT2D eigenvalue weighted by atomic mass is 15.2. The number of fused-ring (bicyclic) bond motifs is 1. The number of anilines is 3. The summed E-state index contributed by atoms with van der Waals surface area (Å²) in [5, 5.41) is 6.79. The van der Waals surface area contributed by atoms with Crippen LogP contribution in [0.4, 0.5) is 17.5 Å². The highest BCUT2D eigenvalue weighted by Gasteiger charge is 2.15. The molecule has 3 aromatic heterocycles. The molecule has 35 heavy (non-hydrogen) atoms. The number of hydrogen-bond donors (Lipinski definition) is 2. The molecule has 8 heteroatoms. The fourth-order valence-corrected chi connectivity index (χ4v) is 3.90. The van der Waals surface area contributed by atoms with Gasteiger partial charge in [0.2, 0.25) is 5.95 Å². The molecule has 0 aliphatic carbocycles. The number of hydrogen-bond acceptors (Lipinski definition) is 6. The summed E-state index contributed by atoms with van der Waals surface area (Å²) in [6.07, 6.45) is 7.23. The third kappa shape index (κ3) is 4.32. The molecular weight excluding hydrogens is 436 g/mol. The first kappa shape index (κ1) is 20.6. The van der Waals surface area contributed by atoms with Crippen LogP contribution in [0, 0.1) is 0 Å². The second-order valence-corrected chi connectivity index (χ2v) is 8.00. The zero-order chi connectivity index (χ0) is 23.5. The Kier molecular flexibility index (Phi) is 5.36. The van der Waals surface area contributed by atoms with Crippen LogP contribution in [-0.4, -0.2) is 29.1 Å². The Morgan fingerprint density at radius 2 is 1.51 bits per heavy atom. The van der Waals surface area contributed by atoms with E-state index in [0.717, 1.165) is 28.3 Å². The van der Waals surface area contributed by atoms with E-state index in [9.17, 15) is 0 Å². The second-order valence-electron chi connectivity index (χ2n) is 8.00. The van der Waals surface area contributed by atoms with Gasteiger partial charge in [0.05, 0.1) is 6.33 Å². The van der Waals surface area contributed by atoms with Gasteiger partial charge in [-0.1, -0.05) is 48.5 Å². The monoisotopic (exact) mass is 458 g/mol. The molecule has 0 spiro atoms. The van der Waals surface area contributed by atoms with Gasteiger partial charge in [0.1, 0.15) is 6.33 Å². The van der Waals surface area contributed by atoms with Gasteiger partial charge < -0.3 is 15.2 Å². The smallest absolute Gasteiger partial charge is 0.231 e. The fourth-order valence-electron chi connectivity index (χ4n) is 3.90. The molecule has 3 heterocycles. The summed E-state index contributed by atoms with van der Waals surface area (Å²) in [5.74, 6) is 1.16. The lowest BCUT2D eigenvalue weighted by molar-refractivity contribution is 1.05. The van der Waals surface area contributed by atoms with Crippen molar-refractivity contribution >= 4 is 28.6 Å². The Hall–Kier alpha value is -4.98. The van der Waals surface area contributed by atoms with Crippen molar-refractivity contribution in [3.63, 3.8) is 0 Å². The van der Waals surface area contributed by atoms with Crippen LogP contribution in [-0.2, 0) is 6.54 Å². The molecule has 6 aromatic rings. The van der Waals surface area contributed by atoms with E-state index in [1.165, 1.54) is 0 Å². The molecule has 0 unspecified atom stereocenters. The Morgan fingerprint density at radius 1 is 0.743 bits per heavy atom. The SMILES string of the molecule is c1ccc(CNc2nc(Nc3ccc(-n4ccnc4)cc3)nc3c2ncn3-c2ccccc2)cc1. The van der Waals surface area contributed by atoms with E-state index in [2.05, 4.69) is 32.7 Å². The average Bonchev–Trinajstić information content (AvgIpc) is 3.60. The molecule has 0 fully saturated rings. The zero-order valence-corrected chi connectivity index (χ0v) is 18.8. The highest BCUT2D eigenvalue weighted by molar-refractivity contribution is 5.86. The van der Waals surface area contributed by atoms with Crippen molar-refractivity contribution in [3.8, 4) is 11.4 Å². The van der Waals surface area contributed by atoms with Crippen LogP contribution in [0.15, 0.2) is 110 Å². The molecule has 6 rings (SSSR count). The maximum atomic E-state index is 4.82. The summed E-state index contributed by atoms with van der Waals surface area (Å²) >= 11 is 0. The minimum atomic E-state index is 0.487. The lowest BCUT2D eigenvalue weighted by atomic mass is 10.2. The molecule has 0 atom stereocenters. The first-order valence-corrected chi connectivity index (χ1v) is 11.3. The predicted molar refractivity (Wildman–Crippen MR) is 137 cm³/mol. The topological polar surface area (TPSA) is 85.5 Å². The van der Waals surface area contributed by atoms with Crippen LogP contribution < -0.4 is 10.6 Å². The molecule has 0 aliphatic rings. The molecule has 0 radical (unpaired) electrons. The van der Waals surface area contributed by atoms with Gasteiger partial charge in [-0.2, -0.15) is 9.97 Å². The average molecular weight is 459 g/mol. The maximum Gasteiger partial charge on any atom is 0.231 e. The molecule has 8 nitrogen and oxygen atoms in total. The third-order valence-corrected chi connectivity index (χ3v) is 5.66. The minimum absolute atomic E-state index is 0.487. The number of aromatic nitrogens is 6. The number of rotatable bonds is 7. The Bertz CT molecular complexity index is 1540. The standard InChI is InChI=1S/C27H22N8/c1-3-7-20(8-4-1)17-29-25-24-26(35(19-30-24)23-9-5-2-6-10-23)33-27(32-25)31-21-11-13-22(14-12-21)34-16-15-28-18-34/h1-16,18-19H,17H2,(H2,29,31,32,33). The van der Waals surface area contributed by atoms with Gasteiger partial charge in [-0.25, -0.2) is 9.97 Å².